The van der Waals surface area contributed by atoms with Gasteiger partial charge in [0.1, 0.15) is 17.2 Å². The number of fused-ring (bicyclic) bond motifs is 1. The molecule has 0 unspecified atom stereocenters. The van der Waals surface area contributed by atoms with Crippen molar-refractivity contribution in [1.29, 1.82) is 0 Å². The number of rotatable bonds is 3. The van der Waals surface area contributed by atoms with Crippen LogP contribution in [-0.2, 0) is 6.54 Å². The van der Waals surface area contributed by atoms with E-state index in [0.29, 0.717) is 0 Å². The largest absolute Gasteiger partial charge is 0.353 e. The summed E-state index contributed by atoms with van der Waals surface area (Å²) in [5.74, 6) is 0.983. The third-order valence-corrected chi connectivity index (χ3v) is 4.45. The first kappa shape index (κ1) is 12.7. The number of hydrogen-bond donors (Lipinski definition) is 0. The lowest BCUT2D eigenvalue weighted by Crippen LogP contribution is -2.46. The summed E-state index contributed by atoms with van der Waals surface area (Å²) in [7, 11) is 0. The number of anilines is 1. The van der Waals surface area contributed by atoms with E-state index in [0.717, 1.165) is 44.2 Å². The number of nitrogens with zero attached hydrogens (tertiary/aromatic N) is 7. The molecule has 0 bridgehead atoms. The SMILES string of the molecule is c1csc(CN2CCN(c3ccc4nncn4n3)CC2)n1. The van der Waals surface area contributed by atoms with Crippen LogP contribution in [0.4, 0.5) is 5.82 Å². The molecule has 0 aliphatic carbocycles. The average Bonchev–Trinajstić information content (AvgIpc) is 3.18. The normalized spacial score (nSPS) is 16.7. The molecule has 8 heteroatoms. The molecule has 1 fully saturated rings. The van der Waals surface area contributed by atoms with E-state index in [4.69, 9.17) is 0 Å². The summed E-state index contributed by atoms with van der Waals surface area (Å²) >= 11 is 1.72. The molecule has 0 aromatic carbocycles. The Morgan fingerprint density at radius 1 is 1.14 bits per heavy atom. The van der Waals surface area contributed by atoms with Crippen LogP contribution in [0.2, 0.25) is 0 Å². The maximum atomic E-state index is 4.55. The minimum atomic E-state index is 0.779. The smallest absolute Gasteiger partial charge is 0.177 e. The van der Waals surface area contributed by atoms with Crippen LogP contribution >= 0.6 is 11.3 Å². The molecule has 0 N–H and O–H groups in total. The van der Waals surface area contributed by atoms with Gasteiger partial charge in [-0.25, -0.2) is 4.98 Å². The lowest BCUT2D eigenvalue weighted by atomic mass is 10.3. The highest BCUT2D eigenvalue weighted by atomic mass is 32.1. The van der Waals surface area contributed by atoms with E-state index in [9.17, 15) is 0 Å². The van der Waals surface area contributed by atoms with Crippen LogP contribution in [0.5, 0.6) is 0 Å². The Labute approximate surface area is 125 Å². The summed E-state index contributed by atoms with van der Waals surface area (Å²) in [6.07, 6.45) is 3.51. The molecule has 0 spiro atoms. The summed E-state index contributed by atoms with van der Waals surface area (Å²) in [6.45, 7) is 4.96. The van der Waals surface area contributed by atoms with Crippen LogP contribution in [0.3, 0.4) is 0 Å². The molecule has 7 nitrogen and oxygen atoms in total. The van der Waals surface area contributed by atoms with Gasteiger partial charge in [0, 0.05) is 37.8 Å². The highest BCUT2D eigenvalue weighted by Crippen LogP contribution is 2.16. The van der Waals surface area contributed by atoms with Crippen LogP contribution < -0.4 is 4.90 Å². The van der Waals surface area contributed by atoms with E-state index in [1.165, 1.54) is 5.01 Å². The van der Waals surface area contributed by atoms with Crippen LogP contribution in [0.15, 0.2) is 30.0 Å². The monoisotopic (exact) mass is 301 g/mol. The number of hydrogen-bond acceptors (Lipinski definition) is 7. The Kier molecular flexibility index (Phi) is 3.24. The zero-order valence-corrected chi connectivity index (χ0v) is 12.3. The molecule has 3 aromatic heterocycles. The van der Waals surface area contributed by atoms with Gasteiger partial charge < -0.3 is 4.90 Å². The van der Waals surface area contributed by atoms with E-state index < -0.39 is 0 Å². The Hall–Kier alpha value is -2.06. The van der Waals surface area contributed by atoms with Crippen molar-refractivity contribution in [2.24, 2.45) is 0 Å². The van der Waals surface area contributed by atoms with Crippen LogP contribution in [-0.4, -0.2) is 55.9 Å². The molecule has 0 saturated carbocycles. The van der Waals surface area contributed by atoms with Crippen molar-refractivity contribution in [2.45, 2.75) is 6.54 Å². The van der Waals surface area contributed by atoms with Crippen LogP contribution in [0, 0.1) is 0 Å². The molecule has 4 rings (SSSR count). The van der Waals surface area contributed by atoms with Crippen molar-refractivity contribution >= 4 is 22.8 Å². The van der Waals surface area contributed by atoms with Gasteiger partial charge in [-0.05, 0) is 12.1 Å². The van der Waals surface area contributed by atoms with Crippen molar-refractivity contribution in [1.82, 2.24) is 29.7 Å². The van der Waals surface area contributed by atoms with Gasteiger partial charge in [-0.2, -0.15) is 4.52 Å². The van der Waals surface area contributed by atoms with Crippen molar-refractivity contribution in [3.8, 4) is 0 Å². The van der Waals surface area contributed by atoms with E-state index in [-0.39, 0.29) is 0 Å². The Bertz CT molecular complexity index is 715. The van der Waals surface area contributed by atoms with Gasteiger partial charge in [0.05, 0.1) is 6.54 Å². The lowest BCUT2D eigenvalue weighted by Gasteiger charge is -2.34. The third kappa shape index (κ3) is 2.59. The van der Waals surface area contributed by atoms with E-state index >= 15 is 0 Å². The zero-order chi connectivity index (χ0) is 14.1. The molecule has 3 aromatic rings. The van der Waals surface area contributed by atoms with Gasteiger partial charge in [0.2, 0.25) is 0 Å². The molecule has 1 aliphatic heterocycles. The lowest BCUT2D eigenvalue weighted by molar-refractivity contribution is 0.249. The Morgan fingerprint density at radius 3 is 2.86 bits per heavy atom. The molecule has 108 valence electrons. The predicted octanol–water partition coefficient (Wildman–Crippen LogP) is 0.903. The summed E-state index contributed by atoms with van der Waals surface area (Å²) in [5.41, 5.74) is 0.779. The van der Waals surface area contributed by atoms with Crippen LogP contribution in [0.25, 0.3) is 5.65 Å². The molecule has 0 atom stereocenters. The van der Waals surface area contributed by atoms with Crippen molar-refractivity contribution < 1.29 is 0 Å². The second-order valence-electron chi connectivity index (χ2n) is 5.01. The molecular weight excluding hydrogens is 286 g/mol. The number of thiazole rings is 1. The van der Waals surface area contributed by atoms with Crippen LogP contribution in [0.1, 0.15) is 5.01 Å². The molecule has 1 aliphatic rings. The van der Waals surface area contributed by atoms with Gasteiger partial charge in [-0.15, -0.1) is 26.6 Å². The first-order chi connectivity index (χ1) is 10.4. The minimum absolute atomic E-state index is 0.779. The van der Waals surface area contributed by atoms with E-state index in [1.807, 2.05) is 23.7 Å². The minimum Gasteiger partial charge on any atom is -0.353 e. The van der Waals surface area contributed by atoms with Gasteiger partial charge >= 0.3 is 0 Å². The van der Waals surface area contributed by atoms with E-state index in [1.54, 1.807) is 22.2 Å². The average molecular weight is 301 g/mol. The molecule has 4 heterocycles. The Balaban J connectivity index is 1.42. The number of aromatic nitrogens is 5. The van der Waals surface area contributed by atoms with Gasteiger partial charge in [-0.3, -0.25) is 4.90 Å². The number of piperazine rings is 1. The second-order valence-corrected chi connectivity index (χ2v) is 5.99. The summed E-state index contributed by atoms with van der Waals surface area (Å²) in [6, 6.07) is 3.97. The highest BCUT2D eigenvalue weighted by molar-refractivity contribution is 7.09. The van der Waals surface area contributed by atoms with Gasteiger partial charge in [-0.1, -0.05) is 0 Å². The molecular formula is C13H15N7S. The third-order valence-electron chi connectivity index (χ3n) is 3.69. The van der Waals surface area contributed by atoms with Gasteiger partial charge in [0.15, 0.2) is 5.65 Å². The molecule has 0 radical (unpaired) electrons. The quantitative estimate of drug-likeness (QED) is 0.716. The van der Waals surface area contributed by atoms with Crippen molar-refractivity contribution in [3.63, 3.8) is 0 Å². The second kappa shape index (κ2) is 5.38. The first-order valence-electron chi connectivity index (χ1n) is 6.91. The van der Waals surface area contributed by atoms with Crippen molar-refractivity contribution in [3.05, 3.63) is 35.0 Å². The fourth-order valence-electron chi connectivity index (χ4n) is 2.54. The predicted molar refractivity (Wildman–Crippen MR) is 80.4 cm³/mol. The summed E-state index contributed by atoms with van der Waals surface area (Å²) in [5, 5.41) is 15.6. The maximum absolute atomic E-state index is 4.55. The maximum Gasteiger partial charge on any atom is 0.177 e. The highest BCUT2D eigenvalue weighted by Gasteiger charge is 2.19. The summed E-state index contributed by atoms with van der Waals surface area (Å²) in [4.78, 5) is 9.09. The fraction of sp³-hybridized carbons (Fsp3) is 0.385. The standard InChI is InChI=1S/C13H15N7S/c1-2-12(17-20-10-15-16-11(1)20)19-6-4-18(5-7-19)9-13-14-3-8-21-13/h1-3,8,10H,4-7,9H2. The molecule has 21 heavy (non-hydrogen) atoms. The van der Waals surface area contributed by atoms with Crippen molar-refractivity contribution in [2.75, 3.05) is 31.1 Å². The van der Waals surface area contributed by atoms with E-state index in [2.05, 4.69) is 30.1 Å². The summed E-state index contributed by atoms with van der Waals surface area (Å²) < 4.78 is 1.72. The topological polar surface area (TPSA) is 62.5 Å². The molecule has 0 amide bonds. The first-order valence-corrected chi connectivity index (χ1v) is 7.79. The van der Waals surface area contributed by atoms with Gasteiger partial charge in [0.25, 0.3) is 0 Å². The fourth-order valence-corrected chi connectivity index (χ4v) is 3.20. The molecule has 1 saturated heterocycles. The Morgan fingerprint density at radius 2 is 2.05 bits per heavy atom. The zero-order valence-electron chi connectivity index (χ0n) is 11.5.